The number of nitrogens with one attached hydrogen (secondary N) is 2. The summed E-state index contributed by atoms with van der Waals surface area (Å²) < 4.78 is 35.0. The number of rotatable bonds is 5. The van der Waals surface area contributed by atoms with E-state index < -0.39 is 23.7 Å². The summed E-state index contributed by atoms with van der Waals surface area (Å²) in [5.41, 5.74) is 4.71. The summed E-state index contributed by atoms with van der Waals surface area (Å²) in [5.74, 6) is -0.769. The highest BCUT2D eigenvalue weighted by Crippen LogP contribution is 2.40. The number of benzene rings is 2. The van der Waals surface area contributed by atoms with E-state index in [1.807, 2.05) is 0 Å². The largest absolute Gasteiger partial charge is 0.493 e. The number of para-hydroxylation sites is 1. The fourth-order valence-electron chi connectivity index (χ4n) is 2.48. The van der Waals surface area contributed by atoms with E-state index in [-0.39, 0.29) is 11.3 Å². The molecule has 1 aliphatic heterocycles. The van der Waals surface area contributed by atoms with Crippen molar-refractivity contribution in [2.24, 2.45) is 0 Å². The van der Waals surface area contributed by atoms with Crippen LogP contribution in [0, 0.1) is 5.82 Å². The first-order valence-electron chi connectivity index (χ1n) is 8.48. The van der Waals surface area contributed by atoms with E-state index >= 15 is 0 Å². The van der Waals surface area contributed by atoms with E-state index in [0.717, 1.165) is 0 Å². The summed E-state index contributed by atoms with van der Waals surface area (Å²) in [6.07, 6.45) is -1.04. The van der Waals surface area contributed by atoms with Gasteiger partial charge in [-0.05, 0) is 31.2 Å². The first-order chi connectivity index (χ1) is 13.5. The second-order valence-corrected chi connectivity index (χ2v) is 5.84. The number of hydrogen-bond acceptors (Lipinski definition) is 6. The molecule has 2 amide bonds. The molecule has 0 saturated heterocycles. The second kappa shape index (κ2) is 8.47. The molecule has 1 heterocycles. The van der Waals surface area contributed by atoms with Crippen molar-refractivity contribution in [3.8, 4) is 23.0 Å². The van der Waals surface area contributed by atoms with E-state index in [2.05, 4.69) is 10.9 Å². The molecule has 0 aromatic heterocycles. The highest BCUT2D eigenvalue weighted by Gasteiger charge is 2.22. The Morgan fingerprint density at radius 1 is 1.11 bits per heavy atom. The van der Waals surface area contributed by atoms with Crippen molar-refractivity contribution in [1.82, 2.24) is 10.9 Å². The zero-order chi connectivity index (χ0) is 20.1. The third-order valence-corrected chi connectivity index (χ3v) is 3.90. The second-order valence-electron chi connectivity index (χ2n) is 5.84. The van der Waals surface area contributed by atoms with Crippen LogP contribution in [0.25, 0.3) is 0 Å². The van der Waals surface area contributed by atoms with Gasteiger partial charge in [-0.25, -0.2) is 4.39 Å². The maximum atomic E-state index is 13.6. The molecule has 2 aromatic carbocycles. The van der Waals surface area contributed by atoms with Crippen molar-refractivity contribution in [3.05, 3.63) is 47.8 Å². The summed E-state index contributed by atoms with van der Waals surface area (Å²) in [4.78, 5) is 24.5. The molecular weight excluding hydrogens is 371 g/mol. The van der Waals surface area contributed by atoms with Crippen molar-refractivity contribution in [2.45, 2.75) is 13.0 Å². The third-order valence-electron chi connectivity index (χ3n) is 3.90. The van der Waals surface area contributed by atoms with Crippen LogP contribution in [0.5, 0.6) is 23.0 Å². The maximum Gasteiger partial charge on any atom is 0.279 e. The van der Waals surface area contributed by atoms with Gasteiger partial charge in [0.05, 0.1) is 7.11 Å². The number of amides is 2. The predicted octanol–water partition coefficient (Wildman–Crippen LogP) is 1.83. The van der Waals surface area contributed by atoms with Crippen LogP contribution in [0.15, 0.2) is 36.4 Å². The van der Waals surface area contributed by atoms with Crippen LogP contribution in [0.1, 0.15) is 17.3 Å². The molecule has 1 atom stereocenters. The topological polar surface area (TPSA) is 95.1 Å². The molecular formula is C19H19FN2O6. The molecule has 0 radical (unpaired) electrons. The van der Waals surface area contributed by atoms with Crippen molar-refractivity contribution in [2.75, 3.05) is 20.3 Å². The molecule has 2 aromatic rings. The number of methoxy groups -OCH3 is 1. The molecule has 148 valence electrons. The number of fused-ring (bicyclic) bond motifs is 1. The van der Waals surface area contributed by atoms with Crippen LogP contribution in [0.2, 0.25) is 0 Å². The zero-order valence-electron chi connectivity index (χ0n) is 15.3. The minimum atomic E-state index is -1.04. The molecule has 0 aliphatic carbocycles. The Balaban J connectivity index is 1.62. The fourth-order valence-corrected chi connectivity index (χ4v) is 2.48. The fraction of sp³-hybridized carbons (Fsp3) is 0.263. The van der Waals surface area contributed by atoms with E-state index in [9.17, 15) is 14.0 Å². The Kier molecular flexibility index (Phi) is 5.83. The van der Waals surface area contributed by atoms with Crippen LogP contribution in [0.3, 0.4) is 0 Å². The quantitative estimate of drug-likeness (QED) is 0.757. The van der Waals surface area contributed by atoms with Crippen LogP contribution in [-0.4, -0.2) is 38.2 Å². The van der Waals surface area contributed by atoms with E-state index in [1.165, 1.54) is 44.4 Å². The molecule has 0 fully saturated rings. The predicted molar refractivity (Wildman–Crippen MR) is 96.1 cm³/mol. The van der Waals surface area contributed by atoms with Gasteiger partial charge in [0.1, 0.15) is 13.2 Å². The standard InChI is InChI=1S/C19H19FN2O6/c1-11(28-14-6-4-3-5-13(14)20)18(23)21-22-19(24)12-9-15(25-2)17-16(10-12)26-7-8-27-17/h3-6,9-11H,7-8H2,1-2H3,(H,21,23)(H,22,24)/t11-/m0/s1. The van der Waals surface area contributed by atoms with Gasteiger partial charge in [-0.3, -0.25) is 20.4 Å². The molecule has 0 unspecified atom stereocenters. The maximum absolute atomic E-state index is 13.6. The van der Waals surface area contributed by atoms with Crippen molar-refractivity contribution >= 4 is 11.8 Å². The molecule has 0 saturated carbocycles. The number of carbonyl (C=O) groups excluding carboxylic acids is 2. The minimum absolute atomic E-state index is 0.0620. The molecule has 28 heavy (non-hydrogen) atoms. The van der Waals surface area contributed by atoms with Gasteiger partial charge in [0.2, 0.25) is 5.75 Å². The minimum Gasteiger partial charge on any atom is -0.493 e. The van der Waals surface area contributed by atoms with Crippen molar-refractivity contribution in [3.63, 3.8) is 0 Å². The monoisotopic (exact) mass is 390 g/mol. The Morgan fingerprint density at radius 2 is 1.86 bits per heavy atom. The lowest BCUT2D eigenvalue weighted by atomic mass is 10.1. The molecule has 3 rings (SSSR count). The summed E-state index contributed by atoms with van der Waals surface area (Å²) in [6.45, 7) is 2.16. The Hall–Kier alpha value is -3.49. The van der Waals surface area contributed by atoms with Gasteiger partial charge < -0.3 is 18.9 Å². The molecule has 0 spiro atoms. The first-order valence-corrected chi connectivity index (χ1v) is 8.48. The number of hydrogen-bond donors (Lipinski definition) is 2. The summed E-state index contributed by atoms with van der Waals surface area (Å²) in [7, 11) is 1.44. The first kappa shape index (κ1) is 19.3. The lowest BCUT2D eigenvalue weighted by molar-refractivity contribution is -0.128. The average molecular weight is 390 g/mol. The lowest BCUT2D eigenvalue weighted by Crippen LogP contribution is -2.47. The Morgan fingerprint density at radius 3 is 2.61 bits per heavy atom. The molecule has 0 bridgehead atoms. The van der Waals surface area contributed by atoms with Gasteiger partial charge in [-0.1, -0.05) is 12.1 Å². The van der Waals surface area contributed by atoms with Gasteiger partial charge in [0.25, 0.3) is 11.8 Å². The number of carbonyl (C=O) groups is 2. The van der Waals surface area contributed by atoms with Gasteiger partial charge in [-0.15, -0.1) is 0 Å². The van der Waals surface area contributed by atoms with Crippen LogP contribution >= 0.6 is 0 Å². The van der Waals surface area contributed by atoms with Gasteiger partial charge in [-0.2, -0.15) is 0 Å². The molecule has 8 nitrogen and oxygen atoms in total. The van der Waals surface area contributed by atoms with E-state index in [4.69, 9.17) is 18.9 Å². The molecule has 2 N–H and O–H groups in total. The zero-order valence-corrected chi connectivity index (χ0v) is 15.3. The van der Waals surface area contributed by atoms with Crippen molar-refractivity contribution < 1.29 is 32.9 Å². The van der Waals surface area contributed by atoms with Gasteiger partial charge >= 0.3 is 0 Å². The Labute approximate surface area is 160 Å². The lowest BCUT2D eigenvalue weighted by Gasteiger charge is -2.21. The van der Waals surface area contributed by atoms with Crippen LogP contribution in [-0.2, 0) is 4.79 Å². The smallest absolute Gasteiger partial charge is 0.279 e. The summed E-state index contributed by atoms with van der Waals surface area (Å²) >= 11 is 0. The average Bonchev–Trinajstić information content (AvgIpc) is 2.72. The number of ether oxygens (including phenoxy) is 4. The van der Waals surface area contributed by atoms with Gasteiger partial charge in [0.15, 0.2) is 29.2 Å². The highest BCUT2D eigenvalue weighted by atomic mass is 19.1. The van der Waals surface area contributed by atoms with E-state index in [0.29, 0.717) is 30.5 Å². The molecule has 1 aliphatic rings. The SMILES string of the molecule is COc1cc(C(=O)NNC(=O)[C@H](C)Oc2ccccc2F)cc2c1OCCO2. The Bertz CT molecular complexity index is 871. The van der Waals surface area contributed by atoms with Crippen LogP contribution < -0.4 is 29.8 Å². The van der Waals surface area contributed by atoms with E-state index in [1.54, 1.807) is 6.07 Å². The van der Waals surface area contributed by atoms with Crippen molar-refractivity contribution in [1.29, 1.82) is 0 Å². The molecule has 9 heteroatoms. The normalized spacial score (nSPS) is 13.2. The van der Waals surface area contributed by atoms with Crippen LogP contribution in [0.4, 0.5) is 4.39 Å². The number of halogens is 1. The third kappa shape index (κ3) is 4.25. The summed E-state index contributed by atoms with van der Waals surface area (Å²) in [6, 6.07) is 8.66. The highest BCUT2D eigenvalue weighted by molar-refractivity contribution is 5.97. The summed E-state index contributed by atoms with van der Waals surface area (Å²) in [5, 5.41) is 0. The van der Waals surface area contributed by atoms with Gasteiger partial charge in [0, 0.05) is 5.56 Å². The number of hydrazine groups is 1.